The molecule has 0 saturated heterocycles. The predicted octanol–water partition coefficient (Wildman–Crippen LogP) is 1.33. The zero-order valence-electron chi connectivity index (χ0n) is 9.98. The van der Waals surface area contributed by atoms with E-state index < -0.39 is 0 Å². The van der Waals surface area contributed by atoms with E-state index in [1.807, 2.05) is 30.3 Å². The van der Waals surface area contributed by atoms with E-state index in [2.05, 4.69) is 15.1 Å². The number of aromatic nitrogens is 4. The van der Waals surface area contributed by atoms with Crippen molar-refractivity contribution in [2.45, 2.75) is 6.54 Å². The van der Waals surface area contributed by atoms with Crippen LogP contribution in [-0.4, -0.2) is 19.7 Å². The van der Waals surface area contributed by atoms with Crippen LogP contribution in [0.3, 0.4) is 0 Å². The van der Waals surface area contributed by atoms with Crippen LogP contribution < -0.4 is 5.73 Å². The summed E-state index contributed by atoms with van der Waals surface area (Å²) in [5.41, 5.74) is 8.45. The van der Waals surface area contributed by atoms with Gasteiger partial charge in [0.25, 0.3) is 5.82 Å². The van der Waals surface area contributed by atoms with Crippen molar-refractivity contribution < 1.29 is 0 Å². The average Bonchev–Trinajstić information content (AvgIpc) is 2.90. The second-order valence-corrected chi connectivity index (χ2v) is 4.09. The van der Waals surface area contributed by atoms with E-state index in [4.69, 9.17) is 11.0 Å². The monoisotopic (exact) mass is 250 g/mol. The highest BCUT2D eigenvalue weighted by Gasteiger charge is 2.07. The van der Waals surface area contributed by atoms with Gasteiger partial charge in [0.2, 0.25) is 0 Å². The third kappa shape index (κ3) is 1.98. The number of rotatable bonds is 2. The Hall–Kier alpha value is -2.94. The minimum Gasteiger partial charge on any atom is -0.398 e. The molecule has 2 aromatic heterocycles. The maximum absolute atomic E-state index is 8.71. The van der Waals surface area contributed by atoms with Gasteiger partial charge in [-0.1, -0.05) is 6.07 Å². The van der Waals surface area contributed by atoms with Crippen LogP contribution in [-0.2, 0) is 6.54 Å². The first-order valence-corrected chi connectivity index (χ1v) is 5.69. The zero-order chi connectivity index (χ0) is 13.2. The van der Waals surface area contributed by atoms with Gasteiger partial charge >= 0.3 is 0 Å². The van der Waals surface area contributed by atoms with E-state index >= 15 is 0 Å². The molecule has 2 heterocycles. The Bertz CT molecular complexity index is 783. The molecular weight excluding hydrogens is 240 g/mol. The van der Waals surface area contributed by atoms with Crippen molar-refractivity contribution in [3.63, 3.8) is 0 Å². The Morgan fingerprint density at radius 1 is 1.26 bits per heavy atom. The number of hydrogen-bond acceptors (Lipinski definition) is 5. The van der Waals surface area contributed by atoms with Crippen molar-refractivity contribution in [1.82, 2.24) is 19.7 Å². The average molecular weight is 250 g/mol. The third-order valence-corrected chi connectivity index (χ3v) is 2.86. The number of nitriles is 1. The normalized spacial score (nSPS) is 10.5. The van der Waals surface area contributed by atoms with Crippen molar-refractivity contribution in [2.24, 2.45) is 0 Å². The van der Waals surface area contributed by atoms with Crippen LogP contribution in [0.15, 0.2) is 36.8 Å². The van der Waals surface area contributed by atoms with Crippen LogP contribution in [0.4, 0.5) is 5.69 Å². The second-order valence-electron chi connectivity index (χ2n) is 4.09. The van der Waals surface area contributed by atoms with E-state index in [1.165, 1.54) is 6.33 Å². The van der Waals surface area contributed by atoms with Gasteiger partial charge in [0.05, 0.1) is 12.1 Å². The van der Waals surface area contributed by atoms with Crippen LogP contribution >= 0.6 is 0 Å². The van der Waals surface area contributed by atoms with Crippen molar-refractivity contribution >= 4 is 16.6 Å². The van der Waals surface area contributed by atoms with Crippen LogP contribution in [0, 0.1) is 11.3 Å². The van der Waals surface area contributed by atoms with Gasteiger partial charge in [-0.3, -0.25) is 4.98 Å². The molecule has 0 aliphatic heterocycles. The summed E-state index contributed by atoms with van der Waals surface area (Å²) < 4.78 is 1.61. The van der Waals surface area contributed by atoms with Crippen molar-refractivity contribution in [2.75, 3.05) is 5.73 Å². The zero-order valence-corrected chi connectivity index (χ0v) is 9.98. The molecule has 0 saturated carbocycles. The summed E-state index contributed by atoms with van der Waals surface area (Å²) >= 11 is 0. The summed E-state index contributed by atoms with van der Waals surface area (Å²) in [6.45, 7) is 0.502. The smallest absolute Gasteiger partial charge is 0.252 e. The molecule has 0 fully saturated rings. The predicted molar refractivity (Wildman–Crippen MR) is 70.0 cm³/mol. The molecule has 19 heavy (non-hydrogen) atoms. The van der Waals surface area contributed by atoms with Gasteiger partial charge in [-0.05, 0) is 18.2 Å². The summed E-state index contributed by atoms with van der Waals surface area (Å²) in [5, 5.41) is 13.7. The van der Waals surface area contributed by atoms with Gasteiger partial charge in [-0.2, -0.15) is 5.26 Å². The summed E-state index contributed by atoms with van der Waals surface area (Å²) in [7, 11) is 0. The Morgan fingerprint density at radius 3 is 2.95 bits per heavy atom. The Labute approximate surface area is 109 Å². The molecule has 0 amide bonds. The molecule has 0 atom stereocenters. The van der Waals surface area contributed by atoms with Crippen LogP contribution in [0.25, 0.3) is 10.9 Å². The Kier molecular flexibility index (Phi) is 2.58. The van der Waals surface area contributed by atoms with Crippen LogP contribution in [0.1, 0.15) is 11.4 Å². The molecule has 3 rings (SSSR count). The molecule has 0 spiro atoms. The lowest BCUT2D eigenvalue weighted by Crippen LogP contribution is -2.03. The number of anilines is 1. The minimum absolute atomic E-state index is 0.160. The second kappa shape index (κ2) is 4.38. The highest BCUT2D eigenvalue weighted by Crippen LogP contribution is 2.22. The Morgan fingerprint density at radius 2 is 2.16 bits per heavy atom. The molecular formula is C13H10N6. The van der Waals surface area contributed by atoms with E-state index in [-0.39, 0.29) is 5.82 Å². The molecule has 2 N–H and O–H groups in total. The number of nitrogens with two attached hydrogens (primary N) is 1. The van der Waals surface area contributed by atoms with E-state index in [9.17, 15) is 0 Å². The molecule has 6 nitrogen and oxygen atoms in total. The fourth-order valence-corrected chi connectivity index (χ4v) is 1.98. The Balaban J connectivity index is 2.06. The molecule has 6 heteroatoms. The summed E-state index contributed by atoms with van der Waals surface area (Å²) in [6, 6.07) is 9.45. The number of nitrogen functional groups attached to an aromatic ring is 1. The van der Waals surface area contributed by atoms with Gasteiger partial charge in [0, 0.05) is 22.8 Å². The number of fused-ring (bicyclic) bond motifs is 1. The standard InChI is InChI=1S/C13H10N6/c14-6-12-17-8-19(18-12)7-9-3-4-11(15)10-2-1-5-16-13(9)10/h1-5,8H,7,15H2. The summed E-state index contributed by atoms with van der Waals surface area (Å²) in [5.74, 6) is 0.160. The van der Waals surface area contributed by atoms with Crippen LogP contribution in [0.5, 0.6) is 0 Å². The van der Waals surface area contributed by atoms with Crippen molar-refractivity contribution in [3.05, 3.63) is 48.2 Å². The van der Waals surface area contributed by atoms with Gasteiger partial charge in [0.1, 0.15) is 12.4 Å². The highest BCUT2D eigenvalue weighted by molar-refractivity contribution is 5.92. The molecule has 92 valence electrons. The van der Waals surface area contributed by atoms with Crippen LogP contribution in [0.2, 0.25) is 0 Å². The maximum Gasteiger partial charge on any atom is 0.252 e. The molecule has 1 aromatic carbocycles. The lowest BCUT2D eigenvalue weighted by atomic mass is 10.1. The lowest BCUT2D eigenvalue weighted by Gasteiger charge is -2.07. The van der Waals surface area contributed by atoms with Gasteiger partial charge < -0.3 is 5.73 Å². The highest BCUT2D eigenvalue weighted by atomic mass is 15.3. The number of nitrogens with zero attached hydrogens (tertiary/aromatic N) is 5. The molecule has 0 aliphatic carbocycles. The minimum atomic E-state index is 0.160. The fourth-order valence-electron chi connectivity index (χ4n) is 1.98. The molecule has 3 aromatic rings. The third-order valence-electron chi connectivity index (χ3n) is 2.86. The molecule has 0 aliphatic rings. The summed E-state index contributed by atoms with van der Waals surface area (Å²) in [4.78, 5) is 8.23. The van der Waals surface area contributed by atoms with Gasteiger partial charge in [0.15, 0.2) is 0 Å². The molecule has 0 unspecified atom stereocenters. The molecule has 0 radical (unpaired) electrons. The van der Waals surface area contributed by atoms with E-state index in [0.717, 1.165) is 16.5 Å². The number of benzene rings is 1. The first kappa shape index (κ1) is 11.2. The SMILES string of the molecule is N#Cc1ncn(Cc2ccc(N)c3cccnc23)n1. The molecule has 0 bridgehead atoms. The largest absolute Gasteiger partial charge is 0.398 e. The number of pyridine rings is 1. The number of hydrogen-bond donors (Lipinski definition) is 1. The first-order chi connectivity index (χ1) is 9.28. The first-order valence-electron chi connectivity index (χ1n) is 5.69. The van der Waals surface area contributed by atoms with Gasteiger partial charge in [-0.15, -0.1) is 5.10 Å². The fraction of sp³-hybridized carbons (Fsp3) is 0.0769. The lowest BCUT2D eigenvalue weighted by molar-refractivity contribution is 0.685. The van der Waals surface area contributed by atoms with Crippen molar-refractivity contribution in [3.8, 4) is 6.07 Å². The maximum atomic E-state index is 8.71. The van der Waals surface area contributed by atoms with E-state index in [0.29, 0.717) is 12.2 Å². The van der Waals surface area contributed by atoms with E-state index in [1.54, 1.807) is 10.9 Å². The quantitative estimate of drug-likeness (QED) is 0.692. The summed E-state index contributed by atoms with van der Waals surface area (Å²) in [6.07, 6.45) is 3.26. The topological polar surface area (TPSA) is 93.4 Å². The van der Waals surface area contributed by atoms with Crippen molar-refractivity contribution in [1.29, 1.82) is 5.26 Å². The van der Waals surface area contributed by atoms with Gasteiger partial charge in [-0.25, -0.2) is 9.67 Å².